The molecule has 0 radical (unpaired) electrons. The Morgan fingerprint density at radius 1 is 1.23 bits per heavy atom. The molecule has 0 saturated heterocycles. The number of amides is 1. The first kappa shape index (κ1) is 21.2. The molecule has 0 spiro atoms. The predicted octanol–water partition coefficient (Wildman–Crippen LogP) is 5.31. The molecule has 1 amide bonds. The van der Waals surface area contributed by atoms with Gasteiger partial charge in [-0.25, -0.2) is 9.97 Å². The second-order valence-corrected chi connectivity index (χ2v) is 7.61. The molecular formula is C20H14Cl2F3N5O. The number of anilines is 2. The Morgan fingerprint density at radius 3 is 2.77 bits per heavy atom. The quantitative estimate of drug-likeness (QED) is 0.454. The average molecular weight is 468 g/mol. The normalized spacial score (nSPS) is 18.7. The topological polar surface area (TPSA) is 82.7 Å². The highest BCUT2D eigenvalue weighted by Crippen LogP contribution is 2.33. The van der Waals surface area contributed by atoms with Gasteiger partial charge in [0.1, 0.15) is 5.82 Å². The number of benzene rings is 1. The summed E-state index contributed by atoms with van der Waals surface area (Å²) in [6.45, 7) is 0. The van der Waals surface area contributed by atoms with E-state index in [0.29, 0.717) is 22.0 Å². The van der Waals surface area contributed by atoms with Gasteiger partial charge in [0.2, 0.25) is 5.95 Å². The Morgan fingerprint density at radius 2 is 2.03 bits per heavy atom. The Labute approximate surface area is 184 Å². The van der Waals surface area contributed by atoms with Crippen LogP contribution in [0.15, 0.2) is 59.8 Å². The number of aromatic nitrogens is 3. The van der Waals surface area contributed by atoms with Crippen molar-refractivity contribution in [1.29, 1.82) is 0 Å². The van der Waals surface area contributed by atoms with E-state index in [4.69, 9.17) is 23.2 Å². The van der Waals surface area contributed by atoms with E-state index >= 15 is 0 Å². The van der Waals surface area contributed by atoms with Crippen LogP contribution in [0.5, 0.6) is 0 Å². The molecule has 3 aromatic rings. The third kappa shape index (κ3) is 4.52. The van der Waals surface area contributed by atoms with Gasteiger partial charge in [0, 0.05) is 16.8 Å². The number of rotatable bonds is 4. The van der Waals surface area contributed by atoms with Crippen LogP contribution < -0.4 is 10.6 Å². The number of alkyl halides is 4. The molecule has 0 fully saturated rings. The lowest BCUT2D eigenvalue weighted by molar-refractivity contribution is -0.137. The molecule has 4 rings (SSSR count). The highest BCUT2D eigenvalue weighted by molar-refractivity contribution is 6.32. The van der Waals surface area contributed by atoms with Crippen LogP contribution in [0.2, 0.25) is 0 Å². The first-order valence-electron chi connectivity index (χ1n) is 9.00. The molecule has 11 heteroatoms. The SMILES string of the molecule is O=C(Nc1ncccc1C(F)(F)F)c1ccc2nc(NC3C(Cl)=CC=CC3Cl)[nH]c2c1. The number of allylic oxidation sites excluding steroid dienone is 2. The Kier molecular flexibility index (Phi) is 5.63. The van der Waals surface area contributed by atoms with Crippen molar-refractivity contribution in [2.75, 3.05) is 10.6 Å². The molecule has 1 aromatic carbocycles. The van der Waals surface area contributed by atoms with Crippen molar-refractivity contribution >= 4 is 51.9 Å². The van der Waals surface area contributed by atoms with Crippen LogP contribution in [0, 0.1) is 0 Å². The van der Waals surface area contributed by atoms with E-state index in [0.717, 1.165) is 12.1 Å². The van der Waals surface area contributed by atoms with Gasteiger partial charge in [-0.1, -0.05) is 23.8 Å². The minimum Gasteiger partial charge on any atom is -0.346 e. The number of halogens is 5. The maximum atomic E-state index is 13.1. The van der Waals surface area contributed by atoms with Crippen LogP contribution >= 0.6 is 23.2 Å². The molecule has 2 atom stereocenters. The summed E-state index contributed by atoms with van der Waals surface area (Å²) in [6, 6.07) is 6.13. The molecule has 31 heavy (non-hydrogen) atoms. The molecule has 0 saturated carbocycles. The molecular weight excluding hydrogens is 454 g/mol. The van der Waals surface area contributed by atoms with Crippen molar-refractivity contribution < 1.29 is 18.0 Å². The van der Waals surface area contributed by atoms with Gasteiger partial charge in [0.05, 0.1) is 28.0 Å². The van der Waals surface area contributed by atoms with Gasteiger partial charge in [0.15, 0.2) is 0 Å². The van der Waals surface area contributed by atoms with Gasteiger partial charge < -0.3 is 15.6 Å². The zero-order valence-corrected chi connectivity index (χ0v) is 17.1. The molecule has 160 valence electrons. The fourth-order valence-electron chi connectivity index (χ4n) is 3.05. The second kappa shape index (κ2) is 8.24. The first-order chi connectivity index (χ1) is 14.7. The molecule has 1 aliphatic rings. The fourth-order valence-corrected chi connectivity index (χ4v) is 3.66. The van der Waals surface area contributed by atoms with Gasteiger partial charge in [-0.05, 0) is 36.4 Å². The summed E-state index contributed by atoms with van der Waals surface area (Å²) in [4.78, 5) is 23.6. The van der Waals surface area contributed by atoms with Crippen molar-refractivity contribution in [1.82, 2.24) is 15.0 Å². The summed E-state index contributed by atoms with van der Waals surface area (Å²) >= 11 is 12.5. The van der Waals surface area contributed by atoms with Crippen molar-refractivity contribution in [2.24, 2.45) is 0 Å². The van der Waals surface area contributed by atoms with Gasteiger partial charge >= 0.3 is 6.18 Å². The van der Waals surface area contributed by atoms with E-state index in [2.05, 4.69) is 25.6 Å². The van der Waals surface area contributed by atoms with Crippen LogP contribution in [-0.4, -0.2) is 32.3 Å². The van der Waals surface area contributed by atoms with E-state index in [1.54, 1.807) is 24.3 Å². The third-order valence-corrected chi connectivity index (χ3v) is 5.31. The molecule has 1 aliphatic carbocycles. The summed E-state index contributed by atoms with van der Waals surface area (Å²) in [5.41, 5.74) is 0.157. The lowest BCUT2D eigenvalue weighted by Crippen LogP contribution is -2.31. The maximum Gasteiger partial charge on any atom is 0.419 e. The van der Waals surface area contributed by atoms with E-state index in [-0.39, 0.29) is 17.0 Å². The van der Waals surface area contributed by atoms with Crippen molar-refractivity contribution in [3.63, 3.8) is 0 Å². The summed E-state index contributed by atoms with van der Waals surface area (Å²) < 4.78 is 39.4. The number of carbonyl (C=O) groups excluding carboxylic acids is 1. The number of pyridine rings is 1. The van der Waals surface area contributed by atoms with E-state index in [1.807, 2.05) is 0 Å². The zero-order valence-electron chi connectivity index (χ0n) is 15.5. The van der Waals surface area contributed by atoms with E-state index in [1.165, 1.54) is 18.3 Å². The predicted molar refractivity (Wildman–Crippen MR) is 113 cm³/mol. The van der Waals surface area contributed by atoms with E-state index < -0.39 is 23.5 Å². The monoisotopic (exact) mass is 467 g/mol. The van der Waals surface area contributed by atoms with Gasteiger partial charge in [-0.2, -0.15) is 13.2 Å². The standard InChI is InChI=1S/C20H14Cl2F3N5O/c21-12-4-1-5-13(22)16(12)29-19-27-14-7-6-10(9-15(14)28-19)18(31)30-17-11(20(23,24)25)3-2-8-26-17/h1-9,12,16H,(H,26,30,31)(H2,27,28,29). The number of nitrogens with zero attached hydrogens (tertiary/aromatic N) is 2. The largest absolute Gasteiger partial charge is 0.419 e. The lowest BCUT2D eigenvalue weighted by atomic mass is 10.1. The summed E-state index contributed by atoms with van der Waals surface area (Å²) in [5.74, 6) is -0.916. The van der Waals surface area contributed by atoms with Crippen molar-refractivity contribution in [3.05, 3.63) is 70.9 Å². The molecule has 0 aliphatic heterocycles. The highest BCUT2D eigenvalue weighted by atomic mass is 35.5. The minimum absolute atomic E-state index is 0.134. The van der Waals surface area contributed by atoms with Crippen LogP contribution in [0.1, 0.15) is 15.9 Å². The van der Waals surface area contributed by atoms with Crippen LogP contribution in [0.4, 0.5) is 24.9 Å². The number of carbonyl (C=O) groups is 1. The number of H-pyrrole nitrogens is 1. The smallest absolute Gasteiger partial charge is 0.346 e. The molecule has 2 unspecified atom stereocenters. The Hall–Kier alpha value is -3.04. The van der Waals surface area contributed by atoms with E-state index in [9.17, 15) is 18.0 Å². The summed E-state index contributed by atoms with van der Waals surface area (Å²) in [5, 5.41) is 5.44. The fraction of sp³-hybridized carbons (Fsp3) is 0.150. The van der Waals surface area contributed by atoms with Crippen molar-refractivity contribution in [3.8, 4) is 0 Å². The van der Waals surface area contributed by atoms with Gasteiger partial charge in [0.25, 0.3) is 5.91 Å². The molecule has 6 nitrogen and oxygen atoms in total. The third-order valence-electron chi connectivity index (χ3n) is 4.55. The lowest BCUT2D eigenvalue weighted by Gasteiger charge is -2.22. The molecule has 3 N–H and O–H groups in total. The minimum atomic E-state index is -4.64. The molecule has 2 heterocycles. The second-order valence-electron chi connectivity index (χ2n) is 6.67. The number of nitrogens with one attached hydrogen (secondary N) is 3. The Balaban J connectivity index is 1.56. The number of hydrogen-bond donors (Lipinski definition) is 3. The number of imidazole rings is 1. The molecule has 0 bridgehead atoms. The van der Waals surface area contributed by atoms with Crippen molar-refractivity contribution in [2.45, 2.75) is 17.6 Å². The number of hydrogen-bond acceptors (Lipinski definition) is 4. The summed E-state index contributed by atoms with van der Waals surface area (Å²) in [7, 11) is 0. The van der Waals surface area contributed by atoms with Crippen LogP contribution in [-0.2, 0) is 6.18 Å². The summed E-state index contributed by atoms with van der Waals surface area (Å²) in [6.07, 6.45) is 1.78. The Bertz CT molecular complexity index is 1200. The molecule has 2 aromatic heterocycles. The van der Waals surface area contributed by atoms with Gasteiger partial charge in [-0.15, -0.1) is 11.6 Å². The zero-order chi connectivity index (χ0) is 22.2. The van der Waals surface area contributed by atoms with Crippen LogP contribution in [0.3, 0.4) is 0 Å². The number of aromatic amines is 1. The van der Waals surface area contributed by atoms with Gasteiger partial charge in [-0.3, -0.25) is 4.79 Å². The average Bonchev–Trinajstić information content (AvgIpc) is 3.12. The number of fused-ring (bicyclic) bond motifs is 1. The maximum absolute atomic E-state index is 13.1. The first-order valence-corrected chi connectivity index (χ1v) is 9.81. The highest BCUT2D eigenvalue weighted by Gasteiger charge is 2.34. The van der Waals surface area contributed by atoms with Crippen LogP contribution in [0.25, 0.3) is 11.0 Å².